The SMILES string of the molecule is CNCC(=O)N[C@@H](CC(=O)OC)C(=O)O. The summed E-state index contributed by atoms with van der Waals surface area (Å²) in [5.41, 5.74) is 0. The number of aliphatic carboxylic acids is 1. The number of ether oxygens (including phenoxy) is 1. The second kappa shape index (κ2) is 6.77. The van der Waals surface area contributed by atoms with Crippen LogP contribution in [0.15, 0.2) is 0 Å². The van der Waals surface area contributed by atoms with Crippen LogP contribution in [0.3, 0.4) is 0 Å². The Bertz CT molecular complexity index is 253. The lowest BCUT2D eigenvalue weighted by atomic mass is 10.2. The summed E-state index contributed by atoms with van der Waals surface area (Å²) in [7, 11) is 2.70. The van der Waals surface area contributed by atoms with Gasteiger partial charge in [0.25, 0.3) is 0 Å². The molecular weight excluding hydrogens is 204 g/mol. The van der Waals surface area contributed by atoms with E-state index in [0.717, 1.165) is 7.11 Å². The van der Waals surface area contributed by atoms with Gasteiger partial charge in [-0.05, 0) is 7.05 Å². The third-order valence-electron chi connectivity index (χ3n) is 1.57. The normalized spacial score (nSPS) is 11.6. The number of carbonyl (C=O) groups is 3. The minimum Gasteiger partial charge on any atom is -0.480 e. The molecular formula is C8H14N2O5. The minimum atomic E-state index is -1.27. The lowest BCUT2D eigenvalue weighted by molar-refractivity contribution is -0.148. The smallest absolute Gasteiger partial charge is 0.326 e. The van der Waals surface area contributed by atoms with Gasteiger partial charge >= 0.3 is 11.9 Å². The van der Waals surface area contributed by atoms with Crippen LogP contribution in [-0.2, 0) is 19.1 Å². The van der Waals surface area contributed by atoms with Crippen molar-refractivity contribution >= 4 is 17.8 Å². The maximum absolute atomic E-state index is 11.0. The molecule has 7 nitrogen and oxygen atoms in total. The van der Waals surface area contributed by atoms with E-state index in [1.54, 1.807) is 7.05 Å². The van der Waals surface area contributed by atoms with Gasteiger partial charge in [-0.3, -0.25) is 9.59 Å². The van der Waals surface area contributed by atoms with E-state index in [0.29, 0.717) is 0 Å². The van der Waals surface area contributed by atoms with Crippen LogP contribution in [0.2, 0.25) is 0 Å². The van der Waals surface area contributed by atoms with E-state index in [1.807, 2.05) is 0 Å². The van der Waals surface area contributed by atoms with Gasteiger partial charge in [0.2, 0.25) is 5.91 Å². The molecule has 0 bridgehead atoms. The van der Waals surface area contributed by atoms with Crippen molar-refractivity contribution in [3.8, 4) is 0 Å². The molecule has 1 amide bonds. The molecule has 0 spiro atoms. The van der Waals surface area contributed by atoms with Crippen molar-refractivity contribution in [3.05, 3.63) is 0 Å². The Labute approximate surface area is 86.8 Å². The highest BCUT2D eigenvalue weighted by atomic mass is 16.5. The first kappa shape index (κ1) is 13.4. The van der Waals surface area contributed by atoms with Crippen LogP contribution in [0.4, 0.5) is 0 Å². The molecule has 0 aliphatic rings. The van der Waals surface area contributed by atoms with Gasteiger partial charge in [0.1, 0.15) is 6.04 Å². The largest absolute Gasteiger partial charge is 0.480 e. The lowest BCUT2D eigenvalue weighted by Gasteiger charge is -2.12. The number of carboxylic acid groups (broad SMARTS) is 1. The van der Waals surface area contributed by atoms with Crippen LogP contribution in [-0.4, -0.2) is 49.7 Å². The molecule has 0 unspecified atom stereocenters. The zero-order valence-corrected chi connectivity index (χ0v) is 8.57. The molecule has 0 aromatic carbocycles. The lowest BCUT2D eigenvalue weighted by Crippen LogP contribution is -2.45. The third-order valence-corrected chi connectivity index (χ3v) is 1.57. The first-order chi connectivity index (χ1) is 7.01. The fourth-order valence-corrected chi connectivity index (χ4v) is 0.856. The fourth-order valence-electron chi connectivity index (χ4n) is 0.856. The van der Waals surface area contributed by atoms with Crippen LogP contribution >= 0.6 is 0 Å². The molecule has 3 N–H and O–H groups in total. The molecule has 86 valence electrons. The molecule has 0 radical (unpaired) electrons. The molecule has 0 aliphatic heterocycles. The predicted octanol–water partition coefficient (Wildman–Crippen LogP) is -1.66. The number of carbonyl (C=O) groups excluding carboxylic acids is 2. The van der Waals surface area contributed by atoms with Gasteiger partial charge in [-0.25, -0.2) is 4.79 Å². The number of methoxy groups -OCH3 is 1. The van der Waals surface area contributed by atoms with Crippen molar-refractivity contribution in [1.82, 2.24) is 10.6 Å². The average Bonchev–Trinajstić information content (AvgIpc) is 2.16. The Balaban J connectivity index is 4.22. The highest BCUT2D eigenvalue weighted by Crippen LogP contribution is 1.94. The number of esters is 1. The standard InChI is InChI=1S/C8H14N2O5/c1-9-4-6(11)10-5(8(13)14)3-7(12)15-2/h5,9H,3-4H2,1-2H3,(H,10,11)(H,13,14)/t5-/m0/s1. The molecule has 0 saturated heterocycles. The number of nitrogens with one attached hydrogen (secondary N) is 2. The van der Waals surface area contributed by atoms with Crippen LogP contribution in [0.25, 0.3) is 0 Å². The summed E-state index contributed by atoms with van der Waals surface area (Å²) in [5, 5.41) is 13.4. The Hall–Kier alpha value is -1.63. The van der Waals surface area contributed by atoms with E-state index in [4.69, 9.17) is 5.11 Å². The van der Waals surface area contributed by atoms with Crippen LogP contribution in [0.1, 0.15) is 6.42 Å². The second-order valence-electron chi connectivity index (χ2n) is 2.77. The average molecular weight is 218 g/mol. The summed E-state index contributed by atoms with van der Waals surface area (Å²) >= 11 is 0. The van der Waals surface area contributed by atoms with Crippen LogP contribution in [0, 0.1) is 0 Å². The Morgan fingerprint density at radius 2 is 2.00 bits per heavy atom. The van der Waals surface area contributed by atoms with Gasteiger partial charge in [-0.1, -0.05) is 0 Å². The fraction of sp³-hybridized carbons (Fsp3) is 0.625. The van der Waals surface area contributed by atoms with E-state index in [-0.39, 0.29) is 13.0 Å². The van der Waals surface area contributed by atoms with E-state index in [2.05, 4.69) is 15.4 Å². The predicted molar refractivity (Wildman–Crippen MR) is 50.1 cm³/mol. The number of amides is 1. The summed E-state index contributed by atoms with van der Waals surface area (Å²) in [5.74, 6) is -2.45. The maximum Gasteiger partial charge on any atom is 0.326 e. The number of hydrogen-bond acceptors (Lipinski definition) is 5. The van der Waals surface area contributed by atoms with E-state index >= 15 is 0 Å². The molecule has 7 heteroatoms. The van der Waals surface area contributed by atoms with E-state index in [1.165, 1.54) is 0 Å². The Morgan fingerprint density at radius 3 is 2.40 bits per heavy atom. The van der Waals surface area contributed by atoms with Crippen LogP contribution in [0.5, 0.6) is 0 Å². The first-order valence-corrected chi connectivity index (χ1v) is 4.24. The monoisotopic (exact) mass is 218 g/mol. The quantitative estimate of drug-likeness (QED) is 0.461. The van der Waals surface area contributed by atoms with E-state index in [9.17, 15) is 14.4 Å². The number of hydrogen-bond donors (Lipinski definition) is 3. The first-order valence-electron chi connectivity index (χ1n) is 4.24. The Morgan fingerprint density at radius 1 is 1.40 bits per heavy atom. The zero-order valence-electron chi connectivity index (χ0n) is 8.57. The van der Waals surface area contributed by atoms with Crippen molar-refractivity contribution in [2.75, 3.05) is 20.7 Å². The summed E-state index contributed by atoms with van der Waals surface area (Å²) in [4.78, 5) is 32.5. The van der Waals surface area contributed by atoms with Gasteiger partial charge < -0.3 is 20.5 Å². The van der Waals surface area contributed by atoms with E-state index < -0.39 is 23.9 Å². The molecule has 0 fully saturated rings. The van der Waals surface area contributed by atoms with Crippen molar-refractivity contribution < 1.29 is 24.2 Å². The van der Waals surface area contributed by atoms with Gasteiger partial charge in [-0.15, -0.1) is 0 Å². The maximum atomic E-state index is 11.0. The molecule has 0 aliphatic carbocycles. The minimum absolute atomic E-state index is 0.00898. The van der Waals surface area contributed by atoms with Gasteiger partial charge in [-0.2, -0.15) is 0 Å². The third kappa shape index (κ3) is 5.63. The molecule has 0 rings (SSSR count). The summed E-state index contributed by atoms with van der Waals surface area (Å²) < 4.78 is 4.30. The molecule has 0 heterocycles. The summed E-state index contributed by atoms with van der Waals surface area (Å²) in [6, 6.07) is -1.25. The van der Waals surface area contributed by atoms with Gasteiger partial charge in [0, 0.05) is 0 Å². The zero-order chi connectivity index (χ0) is 11.8. The Kier molecular flexibility index (Phi) is 6.03. The highest BCUT2D eigenvalue weighted by molar-refractivity contribution is 5.87. The molecule has 0 saturated carbocycles. The van der Waals surface area contributed by atoms with Crippen molar-refractivity contribution in [2.24, 2.45) is 0 Å². The van der Waals surface area contributed by atoms with Crippen molar-refractivity contribution in [2.45, 2.75) is 12.5 Å². The number of rotatable bonds is 6. The van der Waals surface area contributed by atoms with Crippen molar-refractivity contribution in [3.63, 3.8) is 0 Å². The molecule has 0 aromatic rings. The van der Waals surface area contributed by atoms with Gasteiger partial charge in [0.05, 0.1) is 20.1 Å². The highest BCUT2D eigenvalue weighted by Gasteiger charge is 2.23. The summed E-state index contributed by atoms with van der Waals surface area (Å²) in [6.07, 6.45) is -0.388. The second-order valence-corrected chi connectivity index (χ2v) is 2.77. The van der Waals surface area contributed by atoms with Crippen LogP contribution < -0.4 is 10.6 Å². The molecule has 15 heavy (non-hydrogen) atoms. The number of carboxylic acids is 1. The van der Waals surface area contributed by atoms with Crippen molar-refractivity contribution in [1.29, 1.82) is 0 Å². The summed E-state index contributed by atoms with van der Waals surface area (Å²) in [6.45, 7) is -0.00898. The molecule has 1 atom stereocenters. The van der Waals surface area contributed by atoms with Gasteiger partial charge in [0.15, 0.2) is 0 Å². The number of likely N-dealkylation sites (N-methyl/N-ethyl adjacent to an activating group) is 1. The molecule has 0 aromatic heterocycles. The topological polar surface area (TPSA) is 105 Å².